The predicted molar refractivity (Wildman–Crippen MR) is 111 cm³/mol. The number of carbonyl (C=O) groups excluding carboxylic acids is 2. The number of benzene rings is 1. The number of rotatable bonds is 6. The van der Waals surface area contributed by atoms with E-state index in [1.165, 1.54) is 4.88 Å². The maximum atomic E-state index is 12.6. The average molecular weight is 408 g/mol. The first kappa shape index (κ1) is 21.4. The highest BCUT2D eigenvalue weighted by molar-refractivity contribution is 7.09. The van der Waals surface area contributed by atoms with Gasteiger partial charge in [0.1, 0.15) is 6.04 Å². The van der Waals surface area contributed by atoms with Gasteiger partial charge in [-0.3, -0.25) is 9.59 Å². The normalized spacial score (nSPS) is 15.7. The van der Waals surface area contributed by atoms with E-state index in [4.69, 9.17) is 5.73 Å². The minimum atomic E-state index is -0.632. The third-order valence-corrected chi connectivity index (χ3v) is 5.79. The van der Waals surface area contributed by atoms with Gasteiger partial charge in [0, 0.05) is 30.4 Å². The number of thiophene rings is 1. The molecule has 1 atom stereocenters. The first-order chi connectivity index (χ1) is 12.6. The van der Waals surface area contributed by atoms with Gasteiger partial charge < -0.3 is 16.0 Å². The molecule has 1 unspecified atom stereocenters. The lowest BCUT2D eigenvalue weighted by Gasteiger charge is -2.33. The Morgan fingerprint density at radius 1 is 1.15 bits per heavy atom. The molecular weight excluding hydrogens is 382 g/mol. The number of nitrogens with zero attached hydrogens (tertiary/aromatic N) is 1. The fourth-order valence-electron chi connectivity index (χ4n) is 3.27. The number of nitrogens with two attached hydrogens (primary N) is 1. The fraction of sp³-hybridized carbons (Fsp3) is 0.400. The molecule has 1 aromatic heterocycles. The van der Waals surface area contributed by atoms with Crippen LogP contribution < -0.4 is 11.1 Å². The van der Waals surface area contributed by atoms with Crippen LogP contribution in [0.15, 0.2) is 47.8 Å². The van der Waals surface area contributed by atoms with Crippen LogP contribution in [0.2, 0.25) is 0 Å². The average Bonchev–Trinajstić information content (AvgIpc) is 3.21. The van der Waals surface area contributed by atoms with E-state index in [9.17, 15) is 9.59 Å². The number of hydrogen-bond donors (Lipinski definition) is 2. The summed E-state index contributed by atoms with van der Waals surface area (Å²) in [5.41, 5.74) is 6.93. The minimum Gasteiger partial charge on any atom is -0.355 e. The van der Waals surface area contributed by atoms with Crippen LogP contribution in [0.1, 0.15) is 29.3 Å². The summed E-state index contributed by atoms with van der Waals surface area (Å²) in [6.45, 7) is 1.84. The molecule has 0 radical (unpaired) electrons. The van der Waals surface area contributed by atoms with Gasteiger partial charge >= 0.3 is 0 Å². The van der Waals surface area contributed by atoms with E-state index in [0.29, 0.717) is 32.5 Å². The van der Waals surface area contributed by atoms with Gasteiger partial charge in [-0.25, -0.2) is 0 Å². The molecule has 3 rings (SSSR count). The van der Waals surface area contributed by atoms with Gasteiger partial charge in [0.15, 0.2) is 0 Å². The van der Waals surface area contributed by atoms with E-state index in [1.54, 1.807) is 16.2 Å². The molecule has 5 nitrogen and oxygen atoms in total. The Labute approximate surface area is 170 Å². The lowest BCUT2D eigenvalue weighted by Crippen LogP contribution is -2.46. The topological polar surface area (TPSA) is 75.4 Å². The van der Waals surface area contributed by atoms with Crippen molar-refractivity contribution in [3.05, 3.63) is 58.3 Å². The van der Waals surface area contributed by atoms with Crippen molar-refractivity contribution in [2.24, 2.45) is 11.7 Å². The maximum absolute atomic E-state index is 12.6. The molecule has 146 valence electrons. The van der Waals surface area contributed by atoms with E-state index >= 15 is 0 Å². The minimum absolute atomic E-state index is 0. The summed E-state index contributed by atoms with van der Waals surface area (Å²) in [7, 11) is 0. The number of amides is 2. The summed E-state index contributed by atoms with van der Waals surface area (Å²) in [6, 6.07) is 12.9. The number of nitrogens with one attached hydrogen (secondary N) is 1. The quantitative estimate of drug-likeness (QED) is 0.773. The number of piperidine rings is 1. The number of carbonyl (C=O) groups is 2. The van der Waals surface area contributed by atoms with Crippen molar-refractivity contribution < 1.29 is 9.59 Å². The molecule has 2 heterocycles. The van der Waals surface area contributed by atoms with Crippen LogP contribution in [-0.2, 0) is 16.0 Å². The molecule has 2 aromatic rings. The monoisotopic (exact) mass is 407 g/mol. The Hall–Kier alpha value is -1.89. The summed E-state index contributed by atoms with van der Waals surface area (Å²) in [4.78, 5) is 28.0. The SMILES string of the molecule is Cl.NC(C(=O)N1CCC(C(=O)NCCc2cccs2)CC1)c1ccccc1. The highest BCUT2D eigenvalue weighted by atomic mass is 35.5. The second-order valence-electron chi connectivity index (χ2n) is 6.61. The Balaban J connectivity index is 0.00000261. The predicted octanol–water partition coefficient (Wildman–Crippen LogP) is 2.77. The Bertz CT molecular complexity index is 716. The molecule has 1 saturated heterocycles. The van der Waals surface area contributed by atoms with E-state index in [2.05, 4.69) is 11.4 Å². The highest BCUT2D eigenvalue weighted by Crippen LogP contribution is 2.21. The van der Waals surface area contributed by atoms with Crippen LogP contribution in [0.5, 0.6) is 0 Å². The molecule has 2 amide bonds. The van der Waals surface area contributed by atoms with Crippen molar-refractivity contribution in [2.45, 2.75) is 25.3 Å². The van der Waals surface area contributed by atoms with Gasteiger partial charge in [0.05, 0.1) is 0 Å². The molecule has 0 spiro atoms. The van der Waals surface area contributed by atoms with Gasteiger partial charge in [0.25, 0.3) is 0 Å². The Morgan fingerprint density at radius 2 is 1.85 bits per heavy atom. The molecule has 27 heavy (non-hydrogen) atoms. The molecule has 0 bridgehead atoms. The van der Waals surface area contributed by atoms with E-state index in [0.717, 1.165) is 12.0 Å². The van der Waals surface area contributed by atoms with Crippen molar-refractivity contribution in [1.82, 2.24) is 10.2 Å². The molecule has 0 saturated carbocycles. The van der Waals surface area contributed by atoms with Crippen LogP contribution >= 0.6 is 23.7 Å². The third-order valence-electron chi connectivity index (χ3n) is 4.85. The van der Waals surface area contributed by atoms with E-state index in [-0.39, 0.29) is 30.1 Å². The highest BCUT2D eigenvalue weighted by Gasteiger charge is 2.29. The molecule has 1 aliphatic rings. The van der Waals surface area contributed by atoms with Gasteiger partial charge in [-0.05, 0) is 36.3 Å². The van der Waals surface area contributed by atoms with Crippen LogP contribution in [0.4, 0.5) is 0 Å². The zero-order valence-corrected chi connectivity index (χ0v) is 16.8. The standard InChI is InChI=1S/C20H25N3O2S.ClH/c21-18(15-5-2-1-3-6-15)20(25)23-12-9-16(10-13-23)19(24)22-11-8-17-7-4-14-26-17;/h1-7,14,16,18H,8-13,21H2,(H,22,24);1H. The van der Waals surface area contributed by atoms with Crippen molar-refractivity contribution in [3.63, 3.8) is 0 Å². The van der Waals surface area contributed by atoms with E-state index in [1.807, 2.05) is 41.8 Å². The van der Waals surface area contributed by atoms with Gasteiger partial charge in [-0.2, -0.15) is 0 Å². The van der Waals surface area contributed by atoms with Crippen molar-refractivity contribution in [1.29, 1.82) is 0 Å². The number of likely N-dealkylation sites (tertiary alicyclic amines) is 1. The summed E-state index contributed by atoms with van der Waals surface area (Å²) in [6.07, 6.45) is 2.25. The molecule has 3 N–H and O–H groups in total. The molecule has 7 heteroatoms. The number of hydrogen-bond acceptors (Lipinski definition) is 4. The second kappa shape index (κ2) is 10.4. The second-order valence-corrected chi connectivity index (χ2v) is 7.64. The van der Waals surface area contributed by atoms with Crippen molar-refractivity contribution in [3.8, 4) is 0 Å². The van der Waals surface area contributed by atoms with Gasteiger partial charge in [-0.1, -0.05) is 36.4 Å². The Kier molecular flexibility index (Phi) is 8.28. The zero-order chi connectivity index (χ0) is 18.4. The fourth-order valence-corrected chi connectivity index (χ4v) is 3.98. The van der Waals surface area contributed by atoms with Crippen LogP contribution in [0.3, 0.4) is 0 Å². The number of halogens is 1. The zero-order valence-electron chi connectivity index (χ0n) is 15.2. The molecule has 1 aromatic carbocycles. The van der Waals surface area contributed by atoms with Crippen LogP contribution in [0, 0.1) is 5.92 Å². The first-order valence-electron chi connectivity index (χ1n) is 9.04. The third kappa shape index (κ3) is 5.79. The lowest BCUT2D eigenvalue weighted by molar-refractivity contribution is -0.136. The Morgan fingerprint density at radius 3 is 2.48 bits per heavy atom. The van der Waals surface area contributed by atoms with Crippen molar-refractivity contribution >= 4 is 35.6 Å². The summed E-state index contributed by atoms with van der Waals surface area (Å²) in [5, 5.41) is 5.07. The van der Waals surface area contributed by atoms with E-state index < -0.39 is 6.04 Å². The first-order valence-corrected chi connectivity index (χ1v) is 9.92. The lowest BCUT2D eigenvalue weighted by atomic mass is 9.95. The maximum Gasteiger partial charge on any atom is 0.244 e. The van der Waals surface area contributed by atoms with Crippen LogP contribution in [0.25, 0.3) is 0 Å². The molecule has 1 aliphatic heterocycles. The smallest absolute Gasteiger partial charge is 0.244 e. The summed E-state index contributed by atoms with van der Waals surface area (Å²) < 4.78 is 0. The van der Waals surface area contributed by atoms with Gasteiger partial charge in [-0.15, -0.1) is 23.7 Å². The molecule has 0 aliphatic carbocycles. The molecule has 1 fully saturated rings. The summed E-state index contributed by atoms with van der Waals surface area (Å²) >= 11 is 1.71. The van der Waals surface area contributed by atoms with Gasteiger partial charge in [0.2, 0.25) is 11.8 Å². The largest absolute Gasteiger partial charge is 0.355 e. The van der Waals surface area contributed by atoms with Crippen LogP contribution in [-0.4, -0.2) is 36.3 Å². The molecular formula is C20H26ClN3O2S. The van der Waals surface area contributed by atoms with Crippen molar-refractivity contribution in [2.75, 3.05) is 19.6 Å². The summed E-state index contributed by atoms with van der Waals surface area (Å²) in [5.74, 6) is 0.0177.